The first-order valence-corrected chi connectivity index (χ1v) is 14.6. The van der Waals surface area contributed by atoms with Gasteiger partial charge in [-0.2, -0.15) is 18.2 Å². The molecule has 2 saturated heterocycles. The van der Waals surface area contributed by atoms with Gasteiger partial charge in [0, 0.05) is 62.9 Å². The first-order valence-electron chi connectivity index (χ1n) is 14.6. The zero-order valence-corrected chi connectivity index (χ0v) is 25.4. The molecule has 0 unspecified atom stereocenters. The minimum atomic E-state index is -5.08. The molecule has 2 aliphatic rings. The minimum Gasteiger partial charge on any atom is -0.475 e. The van der Waals surface area contributed by atoms with Crippen molar-refractivity contribution >= 4 is 46.4 Å². The van der Waals surface area contributed by atoms with E-state index in [4.69, 9.17) is 19.6 Å². The third-order valence-corrected chi connectivity index (χ3v) is 7.20. The van der Waals surface area contributed by atoms with Gasteiger partial charge >= 0.3 is 12.1 Å². The number of morpholine rings is 1. The quantitative estimate of drug-likeness (QED) is 0.251. The molecule has 2 aliphatic heterocycles. The van der Waals surface area contributed by atoms with E-state index >= 15 is 0 Å². The normalized spacial score (nSPS) is 15.3. The molecule has 0 aliphatic carbocycles. The van der Waals surface area contributed by atoms with Gasteiger partial charge in [-0.15, -0.1) is 0 Å². The molecule has 0 spiro atoms. The number of nitrogens with zero attached hydrogens (tertiary/aromatic N) is 5. The number of halogens is 3. The largest absolute Gasteiger partial charge is 0.490 e. The fraction of sp³-hybridized carbons (Fsp3) is 0.355. The molecule has 246 valence electrons. The maximum Gasteiger partial charge on any atom is 0.490 e. The van der Waals surface area contributed by atoms with Gasteiger partial charge < -0.3 is 40.5 Å². The molecule has 0 saturated carbocycles. The van der Waals surface area contributed by atoms with Crippen molar-refractivity contribution in [2.24, 2.45) is 0 Å². The van der Waals surface area contributed by atoms with E-state index in [9.17, 15) is 18.0 Å². The van der Waals surface area contributed by atoms with Gasteiger partial charge in [-0.05, 0) is 55.1 Å². The highest BCUT2D eigenvalue weighted by Gasteiger charge is 2.38. The van der Waals surface area contributed by atoms with Crippen molar-refractivity contribution in [3.05, 3.63) is 72.9 Å². The Balaban J connectivity index is 0.000000617. The summed E-state index contributed by atoms with van der Waals surface area (Å²) in [6, 6.07) is 16.1. The molecule has 2 fully saturated rings. The first kappa shape index (κ1) is 34.0. The van der Waals surface area contributed by atoms with Crippen LogP contribution in [0.1, 0.15) is 5.56 Å². The van der Waals surface area contributed by atoms with Crippen LogP contribution in [0.2, 0.25) is 0 Å². The van der Waals surface area contributed by atoms with Crippen molar-refractivity contribution in [3.8, 4) is 0 Å². The molecule has 15 heteroatoms. The lowest BCUT2D eigenvalue weighted by Crippen LogP contribution is -2.44. The maximum absolute atomic E-state index is 11.7. The number of rotatable bonds is 9. The van der Waals surface area contributed by atoms with Gasteiger partial charge in [0.2, 0.25) is 11.9 Å². The van der Waals surface area contributed by atoms with Crippen LogP contribution in [0.3, 0.4) is 0 Å². The van der Waals surface area contributed by atoms with Gasteiger partial charge in [0.05, 0.1) is 25.1 Å². The molecule has 1 aromatic heterocycles. The zero-order valence-electron chi connectivity index (χ0n) is 25.4. The second-order valence-electron chi connectivity index (χ2n) is 10.5. The summed E-state index contributed by atoms with van der Waals surface area (Å²) in [5, 5.41) is 16.8. The van der Waals surface area contributed by atoms with E-state index in [2.05, 4.69) is 73.5 Å². The van der Waals surface area contributed by atoms with Gasteiger partial charge in [-0.1, -0.05) is 18.7 Å². The number of carbonyl (C=O) groups is 2. The Kier molecular flexibility index (Phi) is 11.8. The second-order valence-corrected chi connectivity index (χ2v) is 10.5. The molecule has 3 aromatic rings. The SMILES string of the molecule is C=CC(=O)Nc1cccc(CNc2nc(Nc3ccc(N4CCN(C)CC4)cc3)ncc2N2CCOCC2)c1.O=C(O)C(F)(F)F. The standard InChI is InChI=1S/C29H36N8O2.C2HF3O2/c1-3-27(38)32-24-6-4-5-22(19-24)20-30-28-26(37-15-17-39-18-16-37)21-31-29(34-28)33-23-7-9-25(10-8-23)36-13-11-35(2)12-14-36;3-2(4,5)1(6)7/h3-10,19,21H,1,11-18,20H2,2H3,(H,32,38)(H2,30,31,33,34);(H,6,7). The fourth-order valence-corrected chi connectivity index (χ4v) is 4.69. The molecule has 3 heterocycles. The number of piperazine rings is 1. The Labute approximate surface area is 264 Å². The van der Waals surface area contributed by atoms with Gasteiger partial charge in [0.1, 0.15) is 0 Å². The summed E-state index contributed by atoms with van der Waals surface area (Å²) in [6.07, 6.45) is -1.96. The molecule has 0 bridgehead atoms. The van der Waals surface area contributed by atoms with Gasteiger partial charge in [-0.25, -0.2) is 9.78 Å². The third kappa shape index (κ3) is 10.1. The highest BCUT2D eigenvalue weighted by atomic mass is 19.4. The highest BCUT2D eigenvalue weighted by molar-refractivity contribution is 5.98. The number of amides is 1. The van der Waals surface area contributed by atoms with E-state index in [1.165, 1.54) is 11.8 Å². The first-order chi connectivity index (χ1) is 22.0. The maximum atomic E-state index is 11.7. The summed E-state index contributed by atoms with van der Waals surface area (Å²) in [5.41, 5.74) is 4.83. The van der Waals surface area contributed by atoms with E-state index in [1.54, 1.807) is 0 Å². The summed E-state index contributed by atoms with van der Waals surface area (Å²) in [5.74, 6) is -1.73. The number of carbonyl (C=O) groups excluding carboxylic acids is 1. The lowest BCUT2D eigenvalue weighted by atomic mass is 10.2. The predicted molar refractivity (Wildman–Crippen MR) is 171 cm³/mol. The van der Waals surface area contributed by atoms with Crippen LogP contribution in [0.5, 0.6) is 0 Å². The number of aromatic nitrogens is 2. The molecule has 0 atom stereocenters. The van der Waals surface area contributed by atoms with E-state index in [-0.39, 0.29) is 5.91 Å². The van der Waals surface area contributed by atoms with E-state index < -0.39 is 12.1 Å². The number of likely N-dealkylation sites (N-methyl/N-ethyl adjacent to an activating group) is 1. The van der Waals surface area contributed by atoms with E-state index in [0.29, 0.717) is 25.7 Å². The van der Waals surface area contributed by atoms with Crippen molar-refractivity contribution in [3.63, 3.8) is 0 Å². The molecule has 1 amide bonds. The number of ether oxygens (including phenoxy) is 1. The lowest BCUT2D eigenvalue weighted by molar-refractivity contribution is -0.192. The average molecular weight is 643 g/mol. The Morgan fingerprint density at radius 3 is 2.30 bits per heavy atom. The van der Waals surface area contributed by atoms with Crippen molar-refractivity contribution in [2.75, 3.05) is 85.3 Å². The summed E-state index contributed by atoms with van der Waals surface area (Å²) in [7, 11) is 2.17. The predicted octanol–water partition coefficient (Wildman–Crippen LogP) is 4.18. The number of hydrogen-bond donors (Lipinski definition) is 4. The van der Waals surface area contributed by atoms with Crippen LogP contribution in [0.25, 0.3) is 0 Å². The number of alkyl halides is 3. The Morgan fingerprint density at radius 1 is 1.00 bits per heavy atom. The van der Waals surface area contributed by atoms with E-state index in [1.807, 2.05) is 30.5 Å². The van der Waals surface area contributed by atoms with Gasteiger partial charge in [0.25, 0.3) is 0 Å². The Bertz CT molecular complexity index is 1480. The molecule has 2 aromatic carbocycles. The number of carboxylic acids is 1. The lowest BCUT2D eigenvalue weighted by Gasteiger charge is -2.34. The van der Waals surface area contributed by atoms with Crippen molar-refractivity contribution < 1.29 is 32.6 Å². The zero-order chi connectivity index (χ0) is 33.1. The van der Waals surface area contributed by atoms with Crippen molar-refractivity contribution in [1.29, 1.82) is 0 Å². The van der Waals surface area contributed by atoms with Crippen LogP contribution in [-0.4, -0.2) is 97.6 Å². The van der Waals surface area contributed by atoms with Crippen LogP contribution >= 0.6 is 0 Å². The van der Waals surface area contributed by atoms with Crippen LogP contribution in [-0.2, 0) is 20.9 Å². The van der Waals surface area contributed by atoms with Gasteiger partial charge in [-0.3, -0.25) is 4.79 Å². The molecule has 4 N–H and O–H groups in total. The summed E-state index contributed by atoms with van der Waals surface area (Å²) < 4.78 is 37.3. The highest BCUT2D eigenvalue weighted by Crippen LogP contribution is 2.28. The molecule has 12 nitrogen and oxygen atoms in total. The van der Waals surface area contributed by atoms with Crippen LogP contribution < -0.4 is 25.8 Å². The fourth-order valence-electron chi connectivity index (χ4n) is 4.69. The molecular formula is C31H37F3N8O4. The number of benzene rings is 2. The molecule has 0 radical (unpaired) electrons. The number of anilines is 6. The van der Waals surface area contributed by atoms with Crippen molar-refractivity contribution in [1.82, 2.24) is 14.9 Å². The number of carboxylic acid groups (broad SMARTS) is 1. The van der Waals surface area contributed by atoms with Gasteiger partial charge in [0.15, 0.2) is 5.82 Å². The van der Waals surface area contributed by atoms with Crippen LogP contribution in [0.4, 0.5) is 47.7 Å². The van der Waals surface area contributed by atoms with Crippen molar-refractivity contribution in [2.45, 2.75) is 12.7 Å². The summed E-state index contributed by atoms with van der Waals surface area (Å²) in [6.45, 7) is 11.2. The number of nitrogens with one attached hydrogen (secondary N) is 3. The van der Waals surface area contributed by atoms with E-state index in [0.717, 1.165) is 67.7 Å². The summed E-state index contributed by atoms with van der Waals surface area (Å²) >= 11 is 0. The average Bonchev–Trinajstić information content (AvgIpc) is 3.05. The third-order valence-electron chi connectivity index (χ3n) is 7.20. The smallest absolute Gasteiger partial charge is 0.475 e. The second kappa shape index (κ2) is 15.9. The topological polar surface area (TPSA) is 135 Å². The number of aliphatic carboxylic acids is 1. The van der Waals surface area contributed by atoms with Crippen LogP contribution in [0, 0.1) is 0 Å². The molecule has 46 heavy (non-hydrogen) atoms. The van der Waals surface area contributed by atoms with Crippen LogP contribution in [0.15, 0.2) is 67.4 Å². The Morgan fingerprint density at radius 2 is 1.67 bits per heavy atom. The minimum absolute atomic E-state index is 0.238. The molecule has 5 rings (SSSR count). The Hall–Kier alpha value is -4.89. The monoisotopic (exact) mass is 642 g/mol. The summed E-state index contributed by atoms with van der Waals surface area (Å²) in [4.78, 5) is 37.1. The molecular weight excluding hydrogens is 605 g/mol. The number of hydrogen-bond acceptors (Lipinski definition) is 10.